The van der Waals surface area contributed by atoms with Crippen LogP contribution >= 0.6 is 15.9 Å². The van der Waals surface area contributed by atoms with Crippen LogP contribution in [-0.4, -0.2) is 24.4 Å². The van der Waals surface area contributed by atoms with Gasteiger partial charge in [0.05, 0.1) is 23.7 Å². The third-order valence-corrected chi connectivity index (χ3v) is 3.64. The molecule has 0 aliphatic heterocycles. The van der Waals surface area contributed by atoms with Gasteiger partial charge in [-0.3, -0.25) is 0 Å². The summed E-state index contributed by atoms with van der Waals surface area (Å²) in [7, 11) is 1.65. The highest BCUT2D eigenvalue weighted by Crippen LogP contribution is 2.30. The molecule has 2 unspecified atom stereocenters. The van der Waals surface area contributed by atoms with E-state index < -0.39 is 0 Å². The Morgan fingerprint density at radius 2 is 2.25 bits per heavy atom. The second-order valence-electron chi connectivity index (χ2n) is 4.10. The minimum atomic E-state index is -0.227. The highest BCUT2D eigenvalue weighted by atomic mass is 79.9. The van der Waals surface area contributed by atoms with Gasteiger partial charge in [0, 0.05) is 11.8 Å². The first-order valence-corrected chi connectivity index (χ1v) is 6.28. The van der Waals surface area contributed by atoms with Gasteiger partial charge in [0.2, 0.25) is 0 Å². The molecule has 0 heterocycles. The van der Waals surface area contributed by atoms with Crippen LogP contribution in [0.25, 0.3) is 0 Å². The SMILES string of the molecule is COc1cc(NC2CCCC2O)ccc1Br. The maximum Gasteiger partial charge on any atom is 0.135 e. The molecule has 1 saturated carbocycles. The zero-order chi connectivity index (χ0) is 11.5. The van der Waals surface area contributed by atoms with E-state index in [2.05, 4.69) is 21.2 Å². The number of rotatable bonds is 3. The fourth-order valence-corrected chi connectivity index (χ4v) is 2.48. The average Bonchev–Trinajstić information content (AvgIpc) is 2.67. The molecule has 1 aromatic carbocycles. The van der Waals surface area contributed by atoms with E-state index in [4.69, 9.17) is 4.74 Å². The van der Waals surface area contributed by atoms with E-state index in [1.807, 2.05) is 18.2 Å². The largest absolute Gasteiger partial charge is 0.495 e. The molecule has 2 rings (SSSR count). The minimum absolute atomic E-state index is 0.172. The number of halogens is 1. The van der Waals surface area contributed by atoms with Crippen molar-refractivity contribution in [3.8, 4) is 5.75 Å². The van der Waals surface area contributed by atoms with E-state index in [1.54, 1.807) is 7.11 Å². The molecule has 88 valence electrons. The molecule has 4 heteroatoms. The van der Waals surface area contributed by atoms with Crippen LogP contribution in [0.1, 0.15) is 19.3 Å². The van der Waals surface area contributed by atoms with Crippen molar-refractivity contribution in [3.63, 3.8) is 0 Å². The molecule has 0 spiro atoms. The summed E-state index contributed by atoms with van der Waals surface area (Å²) in [5.74, 6) is 0.803. The number of benzene rings is 1. The van der Waals surface area contributed by atoms with Gasteiger partial charge in [0.15, 0.2) is 0 Å². The smallest absolute Gasteiger partial charge is 0.135 e. The molecule has 3 nitrogen and oxygen atoms in total. The van der Waals surface area contributed by atoms with Crippen molar-refractivity contribution in [1.29, 1.82) is 0 Å². The predicted molar refractivity (Wildman–Crippen MR) is 68.0 cm³/mol. The lowest BCUT2D eigenvalue weighted by Gasteiger charge is -2.18. The van der Waals surface area contributed by atoms with E-state index in [-0.39, 0.29) is 12.1 Å². The molecule has 2 atom stereocenters. The summed E-state index contributed by atoms with van der Waals surface area (Å²) < 4.78 is 6.17. The van der Waals surface area contributed by atoms with Crippen molar-refractivity contribution < 1.29 is 9.84 Å². The lowest BCUT2D eigenvalue weighted by Crippen LogP contribution is -2.27. The van der Waals surface area contributed by atoms with Crippen molar-refractivity contribution in [1.82, 2.24) is 0 Å². The van der Waals surface area contributed by atoms with Gasteiger partial charge >= 0.3 is 0 Å². The minimum Gasteiger partial charge on any atom is -0.495 e. The van der Waals surface area contributed by atoms with E-state index >= 15 is 0 Å². The molecule has 0 aromatic heterocycles. The lowest BCUT2D eigenvalue weighted by molar-refractivity contribution is 0.172. The summed E-state index contributed by atoms with van der Waals surface area (Å²) in [6.07, 6.45) is 2.78. The fraction of sp³-hybridized carbons (Fsp3) is 0.500. The Bertz CT molecular complexity index is 370. The molecule has 0 saturated heterocycles. The van der Waals surface area contributed by atoms with Crippen LogP contribution in [0.5, 0.6) is 5.75 Å². The quantitative estimate of drug-likeness (QED) is 0.897. The molecule has 1 aliphatic rings. The number of hydrogen-bond donors (Lipinski definition) is 2. The summed E-state index contributed by atoms with van der Waals surface area (Å²) in [5.41, 5.74) is 0.992. The summed E-state index contributed by atoms with van der Waals surface area (Å²) in [6, 6.07) is 6.04. The second-order valence-corrected chi connectivity index (χ2v) is 4.95. The molecule has 0 amide bonds. The van der Waals surface area contributed by atoms with E-state index in [1.165, 1.54) is 0 Å². The normalized spacial score (nSPS) is 24.4. The Kier molecular flexibility index (Phi) is 3.71. The van der Waals surface area contributed by atoms with Gasteiger partial charge in [-0.2, -0.15) is 0 Å². The van der Waals surface area contributed by atoms with Gasteiger partial charge in [-0.1, -0.05) is 0 Å². The Morgan fingerprint density at radius 1 is 1.44 bits per heavy atom. The number of nitrogens with one attached hydrogen (secondary N) is 1. The first kappa shape index (κ1) is 11.7. The van der Waals surface area contributed by atoms with Crippen molar-refractivity contribution in [2.45, 2.75) is 31.4 Å². The van der Waals surface area contributed by atoms with E-state index in [0.29, 0.717) is 0 Å². The molecule has 0 radical (unpaired) electrons. The van der Waals surface area contributed by atoms with Crippen molar-refractivity contribution >= 4 is 21.6 Å². The summed E-state index contributed by atoms with van der Waals surface area (Å²) >= 11 is 3.41. The Hall–Kier alpha value is -0.740. The van der Waals surface area contributed by atoms with Gasteiger partial charge in [-0.05, 0) is 47.3 Å². The van der Waals surface area contributed by atoms with Gasteiger partial charge < -0.3 is 15.2 Å². The third-order valence-electron chi connectivity index (χ3n) is 2.98. The molecular formula is C12H16BrNO2. The monoisotopic (exact) mass is 285 g/mol. The number of hydrogen-bond acceptors (Lipinski definition) is 3. The molecule has 16 heavy (non-hydrogen) atoms. The average molecular weight is 286 g/mol. The van der Waals surface area contributed by atoms with Gasteiger partial charge in [0.25, 0.3) is 0 Å². The van der Waals surface area contributed by atoms with Crippen molar-refractivity contribution in [2.24, 2.45) is 0 Å². The fourth-order valence-electron chi connectivity index (χ4n) is 2.07. The van der Waals surface area contributed by atoms with Gasteiger partial charge in [-0.25, -0.2) is 0 Å². The second kappa shape index (κ2) is 5.06. The first-order valence-electron chi connectivity index (χ1n) is 5.49. The molecule has 2 N–H and O–H groups in total. The standard InChI is InChI=1S/C12H16BrNO2/c1-16-12-7-8(5-6-9(12)13)14-10-3-2-4-11(10)15/h5-7,10-11,14-15H,2-4H2,1H3. The van der Waals surface area contributed by atoms with Crippen molar-refractivity contribution in [3.05, 3.63) is 22.7 Å². The number of aliphatic hydroxyl groups excluding tert-OH is 1. The highest BCUT2D eigenvalue weighted by Gasteiger charge is 2.24. The van der Waals surface area contributed by atoms with Gasteiger partial charge in [-0.15, -0.1) is 0 Å². The molecule has 1 aromatic rings. The Morgan fingerprint density at radius 3 is 2.88 bits per heavy atom. The number of ether oxygens (including phenoxy) is 1. The zero-order valence-electron chi connectivity index (χ0n) is 9.24. The zero-order valence-corrected chi connectivity index (χ0v) is 10.8. The number of anilines is 1. The van der Waals surface area contributed by atoms with Crippen molar-refractivity contribution in [2.75, 3.05) is 12.4 Å². The van der Waals surface area contributed by atoms with Crippen LogP contribution in [0.2, 0.25) is 0 Å². The van der Waals surface area contributed by atoms with Crippen LogP contribution in [-0.2, 0) is 0 Å². The molecule has 1 aliphatic carbocycles. The van der Waals surface area contributed by atoms with Crippen LogP contribution in [0, 0.1) is 0 Å². The van der Waals surface area contributed by atoms with Crippen LogP contribution in [0.4, 0.5) is 5.69 Å². The maximum atomic E-state index is 9.73. The van der Waals surface area contributed by atoms with Crippen LogP contribution in [0.3, 0.4) is 0 Å². The van der Waals surface area contributed by atoms with E-state index in [0.717, 1.165) is 35.2 Å². The summed E-state index contributed by atoms with van der Waals surface area (Å²) in [6.45, 7) is 0. The number of aliphatic hydroxyl groups is 1. The van der Waals surface area contributed by atoms with Crippen LogP contribution in [0.15, 0.2) is 22.7 Å². The Labute approximate surface area is 104 Å². The third kappa shape index (κ3) is 2.50. The molecule has 1 fully saturated rings. The molecular weight excluding hydrogens is 270 g/mol. The maximum absolute atomic E-state index is 9.73. The summed E-state index contributed by atoms with van der Waals surface area (Å²) in [4.78, 5) is 0. The number of methoxy groups -OCH3 is 1. The highest BCUT2D eigenvalue weighted by molar-refractivity contribution is 9.10. The topological polar surface area (TPSA) is 41.5 Å². The lowest BCUT2D eigenvalue weighted by atomic mass is 10.2. The summed E-state index contributed by atoms with van der Waals surface area (Å²) in [5, 5.41) is 13.1. The van der Waals surface area contributed by atoms with Crippen LogP contribution < -0.4 is 10.1 Å². The molecule has 0 bridgehead atoms. The van der Waals surface area contributed by atoms with E-state index in [9.17, 15) is 5.11 Å². The predicted octanol–water partition coefficient (Wildman–Crippen LogP) is 2.78. The van der Waals surface area contributed by atoms with Gasteiger partial charge in [0.1, 0.15) is 5.75 Å². The first-order chi connectivity index (χ1) is 7.70. The Balaban J connectivity index is 2.09.